The molecule has 0 radical (unpaired) electrons. The third-order valence-electron chi connectivity index (χ3n) is 2.88. The lowest BCUT2D eigenvalue weighted by Gasteiger charge is -2.04. The highest BCUT2D eigenvalue weighted by atomic mass is 32.2. The summed E-state index contributed by atoms with van der Waals surface area (Å²) in [5, 5.41) is 0.879. The highest BCUT2D eigenvalue weighted by Crippen LogP contribution is 2.28. The van der Waals surface area contributed by atoms with Crippen LogP contribution < -0.4 is 10.4 Å². The average Bonchev–Trinajstić information content (AvgIpc) is 2.48. The second-order valence-corrected chi connectivity index (χ2v) is 5.33. The molecular weight excluding hydrogens is 272 g/mol. The minimum Gasteiger partial charge on any atom is -0.497 e. The number of fused-ring (bicyclic) bond motifs is 1. The van der Waals surface area contributed by atoms with E-state index in [-0.39, 0.29) is 5.63 Å². The second kappa shape index (κ2) is 5.43. The molecule has 0 N–H and O–H groups in total. The lowest BCUT2D eigenvalue weighted by molar-refractivity contribution is 0.414. The van der Waals surface area contributed by atoms with Gasteiger partial charge in [-0.1, -0.05) is 30.0 Å². The molecule has 0 aliphatic rings. The van der Waals surface area contributed by atoms with Crippen molar-refractivity contribution in [1.29, 1.82) is 0 Å². The van der Waals surface area contributed by atoms with Crippen LogP contribution in [0.5, 0.6) is 5.75 Å². The summed E-state index contributed by atoms with van der Waals surface area (Å²) < 4.78 is 10.5. The van der Waals surface area contributed by atoms with Crippen molar-refractivity contribution in [2.45, 2.75) is 9.79 Å². The highest BCUT2D eigenvalue weighted by molar-refractivity contribution is 7.99. The molecule has 1 heterocycles. The van der Waals surface area contributed by atoms with Gasteiger partial charge in [-0.05, 0) is 30.3 Å². The zero-order valence-corrected chi connectivity index (χ0v) is 11.6. The van der Waals surface area contributed by atoms with Gasteiger partial charge in [0.15, 0.2) is 0 Å². The van der Waals surface area contributed by atoms with Gasteiger partial charge in [-0.2, -0.15) is 0 Å². The normalized spacial score (nSPS) is 10.7. The summed E-state index contributed by atoms with van der Waals surface area (Å²) in [7, 11) is 1.58. The van der Waals surface area contributed by atoms with E-state index in [1.54, 1.807) is 13.2 Å². The third-order valence-corrected chi connectivity index (χ3v) is 3.89. The van der Waals surface area contributed by atoms with E-state index in [0.29, 0.717) is 16.2 Å². The van der Waals surface area contributed by atoms with Crippen LogP contribution in [0.3, 0.4) is 0 Å². The molecule has 0 fully saturated rings. The molecule has 0 aliphatic carbocycles. The van der Waals surface area contributed by atoms with Gasteiger partial charge in [0.05, 0.1) is 12.0 Å². The van der Waals surface area contributed by atoms with Crippen LogP contribution in [0, 0.1) is 0 Å². The molecule has 0 saturated carbocycles. The number of rotatable bonds is 3. The van der Waals surface area contributed by atoms with Gasteiger partial charge in [0, 0.05) is 16.3 Å². The van der Waals surface area contributed by atoms with Crippen molar-refractivity contribution < 1.29 is 9.15 Å². The van der Waals surface area contributed by atoms with Crippen molar-refractivity contribution in [2.75, 3.05) is 7.11 Å². The maximum absolute atomic E-state index is 12.0. The predicted octanol–water partition coefficient (Wildman–Crippen LogP) is 3.95. The van der Waals surface area contributed by atoms with Crippen LogP contribution in [-0.4, -0.2) is 7.11 Å². The van der Waals surface area contributed by atoms with Crippen LogP contribution in [-0.2, 0) is 0 Å². The van der Waals surface area contributed by atoms with Crippen LogP contribution in [0.4, 0.5) is 0 Å². The molecule has 1 aromatic heterocycles. The Balaban J connectivity index is 2.04. The summed E-state index contributed by atoms with van der Waals surface area (Å²) in [4.78, 5) is 13.6. The van der Waals surface area contributed by atoms with Crippen molar-refractivity contribution in [3.8, 4) is 5.75 Å². The Morgan fingerprint density at radius 3 is 2.60 bits per heavy atom. The Hall–Kier alpha value is -2.20. The molecule has 0 unspecified atom stereocenters. The quantitative estimate of drug-likeness (QED) is 0.683. The van der Waals surface area contributed by atoms with Crippen molar-refractivity contribution in [2.24, 2.45) is 0 Å². The number of hydrogen-bond donors (Lipinski definition) is 0. The van der Waals surface area contributed by atoms with Crippen LogP contribution in [0.15, 0.2) is 73.6 Å². The molecule has 20 heavy (non-hydrogen) atoms. The van der Waals surface area contributed by atoms with E-state index >= 15 is 0 Å². The first-order valence-electron chi connectivity index (χ1n) is 6.11. The summed E-state index contributed by atoms with van der Waals surface area (Å²) in [5.74, 6) is 0.670. The minimum absolute atomic E-state index is 0.334. The fraction of sp³-hybridized carbons (Fsp3) is 0.0625. The smallest absolute Gasteiger partial charge is 0.350 e. The van der Waals surface area contributed by atoms with E-state index in [9.17, 15) is 4.79 Å². The monoisotopic (exact) mass is 284 g/mol. The van der Waals surface area contributed by atoms with Gasteiger partial charge >= 0.3 is 5.63 Å². The fourth-order valence-corrected chi connectivity index (χ4v) is 2.74. The van der Waals surface area contributed by atoms with E-state index < -0.39 is 0 Å². The number of ether oxygens (including phenoxy) is 1. The largest absolute Gasteiger partial charge is 0.497 e. The Bertz CT molecular complexity index is 794. The van der Waals surface area contributed by atoms with Gasteiger partial charge in [-0.15, -0.1) is 0 Å². The summed E-state index contributed by atoms with van der Waals surface area (Å²) in [5.41, 5.74) is 0.200. The molecule has 0 saturated heterocycles. The highest BCUT2D eigenvalue weighted by Gasteiger charge is 2.07. The van der Waals surface area contributed by atoms with Crippen molar-refractivity contribution in [1.82, 2.24) is 0 Å². The van der Waals surface area contributed by atoms with Crippen molar-refractivity contribution in [3.05, 3.63) is 65.0 Å². The van der Waals surface area contributed by atoms with E-state index in [1.165, 1.54) is 11.8 Å². The summed E-state index contributed by atoms with van der Waals surface area (Å²) in [6.07, 6.45) is 0. The molecular formula is C16H12O3S. The van der Waals surface area contributed by atoms with E-state index in [1.807, 2.05) is 48.5 Å². The molecule has 2 aromatic carbocycles. The Labute approximate surface area is 120 Å². The van der Waals surface area contributed by atoms with E-state index in [4.69, 9.17) is 9.15 Å². The lowest BCUT2D eigenvalue weighted by atomic mass is 10.2. The minimum atomic E-state index is -0.334. The van der Waals surface area contributed by atoms with Gasteiger partial charge in [0.1, 0.15) is 11.3 Å². The maximum atomic E-state index is 12.0. The number of hydrogen-bond acceptors (Lipinski definition) is 4. The third kappa shape index (κ3) is 2.56. The molecule has 3 rings (SSSR count). The molecule has 3 aromatic rings. The van der Waals surface area contributed by atoms with Crippen LogP contribution in [0.25, 0.3) is 11.0 Å². The zero-order valence-electron chi connectivity index (χ0n) is 10.8. The van der Waals surface area contributed by atoms with E-state index in [2.05, 4.69) is 0 Å². The molecule has 0 aliphatic heterocycles. The van der Waals surface area contributed by atoms with E-state index in [0.717, 1.165) is 10.3 Å². The molecule has 0 amide bonds. The predicted molar refractivity (Wildman–Crippen MR) is 79.6 cm³/mol. The second-order valence-electron chi connectivity index (χ2n) is 4.22. The summed E-state index contributed by atoms with van der Waals surface area (Å²) in [6, 6.07) is 17.0. The topological polar surface area (TPSA) is 39.4 Å². The standard InChI is InChI=1S/C16H12O3S/c1-18-12-8-7-11-9-15(16(17)19-14(11)10-12)20-13-5-3-2-4-6-13/h2-10H,1H3. The van der Waals surface area contributed by atoms with Gasteiger partial charge in [-0.25, -0.2) is 4.79 Å². The summed E-state index contributed by atoms with van der Waals surface area (Å²) >= 11 is 1.40. The first-order valence-corrected chi connectivity index (χ1v) is 6.93. The average molecular weight is 284 g/mol. The summed E-state index contributed by atoms with van der Waals surface area (Å²) in [6.45, 7) is 0. The SMILES string of the molecule is COc1ccc2cc(Sc3ccccc3)c(=O)oc2c1. The number of benzene rings is 2. The molecule has 4 heteroatoms. The molecule has 0 atom stereocenters. The molecule has 3 nitrogen and oxygen atoms in total. The van der Waals surface area contributed by atoms with Crippen molar-refractivity contribution >= 4 is 22.7 Å². The van der Waals surface area contributed by atoms with Crippen LogP contribution in [0.2, 0.25) is 0 Å². The Kier molecular flexibility index (Phi) is 3.48. The Morgan fingerprint density at radius 1 is 1.05 bits per heavy atom. The first kappa shape index (κ1) is 12.8. The molecule has 0 spiro atoms. The lowest BCUT2D eigenvalue weighted by Crippen LogP contribution is -2.01. The maximum Gasteiger partial charge on any atom is 0.350 e. The zero-order chi connectivity index (χ0) is 13.9. The first-order chi connectivity index (χ1) is 9.76. The number of methoxy groups -OCH3 is 1. The van der Waals surface area contributed by atoms with Crippen LogP contribution in [0.1, 0.15) is 0 Å². The van der Waals surface area contributed by atoms with Crippen molar-refractivity contribution in [3.63, 3.8) is 0 Å². The van der Waals surface area contributed by atoms with Gasteiger partial charge in [0.25, 0.3) is 0 Å². The van der Waals surface area contributed by atoms with Gasteiger partial charge in [-0.3, -0.25) is 0 Å². The fourth-order valence-electron chi connectivity index (χ4n) is 1.89. The van der Waals surface area contributed by atoms with Gasteiger partial charge in [0.2, 0.25) is 0 Å². The van der Waals surface area contributed by atoms with Gasteiger partial charge < -0.3 is 9.15 Å². The van der Waals surface area contributed by atoms with Crippen LogP contribution >= 0.6 is 11.8 Å². The molecule has 0 bridgehead atoms. The molecule has 100 valence electrons. The Morgan fingerprint density at radius 2 is 1.85 bits per heavy atom.